The van der Waals surface area contributed by atoms with Crippen molar-refractivity contribution in [2.75, 3.05) is 19.0 Å². The zero-order valence-corrected chi connectivity index (χ0v) is 16.1. The second kappa shape index (κ2) is 7.70. The SMILES string of the molecule is COc1ccccc1NC(=O)[C@@H]1CN(C(=O)c2cnccn2)Cc2cn(C)nc21. The molecule has 1 N–H and O–H groups in total. The van der Waals surface area contributed by atoms with Crippen LogP contribution in [0, 0.1) is 0 Å². The second-order valence-electron chi connectivity index (χ2n) is 6.73. The third-order valence-electron chi connectivity index (χ3n) is 4.78. The number of fused-ring (bicyclic) bond motifs is 1. The first kappa shape index (κ1) is 18.6. The zero-order chi connectivity index (χ0) is 20.4. The summed E-state index contributed by atoms with van der Waals surface area (Å²) in [6, 6.07) is 7.18. The fourth-order valence-electron chi connectivity index (χ4n) is 3.45. The molecule has 0 unspecified atom stereocenters. The van der Waals surface area contributed by atoms with Crippen LogP contribution >= 0.6 is 0 Å². The average Bonchev–Trinajstić information content (AvgIpc) is 3.13. The number of aryl methyl sites for hydroxylation is 1. The monoisotopic (exact) mass is 392 g/mol. The van der Waals surface area contributed by atoms with Crippen molar-refractivity contribution in [1.29, 1.82) is 0 Å². The molecule has 1 aliphatic heterocycles. The molecule has 0 fully saturated rings. The Bertz CT molecular complexity index is 1050. The third-order valence-corrected chi connectivity index (χ3v) is 4.78. The number of benzene rings is 1. The zero-order valence-electron chi connectivity index (χ0n) is 16.1. The van der Waals surface area contributed by atoms with E-state index in [0.717, 1.165) is 5.56 Å². The summed E-state index contributed by atoms with van der Waals surface area (Å²) in [4.78, 5) is 35.7. The highest BCUT2D eigenvalue weighted by molar-refractivity contribution is 5.98. The van der Waals surface area contributed by atoms with Crippen LogP contribution in [0.4, 0.5) is 5.69 Å². The molecule has 3 heterocycles. The van der Waals surface area contributed by atoms with Crippen molar-refractivity contribution < 1.29 is 14.3 Å². The molecular formula is C20H20N6O3. The number of carbonyl (C=O) groups excluding carboxylic acids is 2. The van der Waals surface area contributed by atoms with E-state index in [1.807, 2.05) is 18.3 Å². The first-order valence-electron chi connectivity index (χ1n) is 9.08. The van der Waals surface area contributed by atoms with E-state index in [1.54, 1.807) is 35.9 Å². The number of anilines is 1. The second-order valence-corrected chi connectivity index (χ2v) is 6.73. The summed E-state index contributed by atoms with van der Waals surface area (Å²) in [7, 11) is 3.34. The maximum absolute atomic E-state index is 13.1. The van der Waals surface area contributed by atoms with Crippen molar-refractivity contribution in [2.24, 2.45) is 7.05 Å². The summed E-state index contributed by atoms with van der Waals surface area (Å²) in [6.07, 6.45) is 6.23. The van der Waals surface area contributed by atoms with Gasteiger partial charge in [0.25, 0.3) is 5.91 Å². The van der Waals surface area contributed by atoms with Crippen LogP contribution in [0.1, 0.15) is 27.7 Å². The number of amides is 2. The van der Waals surface area contributed by atoms with Gasteiger partial charge in [-0.3, -0.25) is 19.3 Å². The largest absolute Gasteiger partial charge is 0.495 e. The predicted octanol–water partition coefficient (Wildman–Crippen LogP) is 1.60. The molecule has 9 nitrogen and oxygen atoms in total. The molecule has 0 saturated heterocycles. The first-order valence-corrected chi connectivity index (χ1v) is 9.08. The van der Waals surface area contributed by atoms with Gasteiger partial charge in [0.15, 0.2) is 0 Å². The van der Waals surface area contributed by atoms with E-state index in [1.165, 1.54) is 18.6 Å². The van der Waals surface area contributed by atoms with Crippen molar-refractivity contribution in [2.45, 2.75) is 12.5 Å². The van der Waals surface area contributed by atoms with Gasteiger partial charge < -0.3 is 15.0 Å². The standard InChI is InChI=1S/C20H20N6O3/c1-25-10-13-11-26(20(28)16-9-21-7-8-22-16)12-14(18(13)24-25)19(27)23-15-5-3-4-6-17(15)29-2/h3-10,14H,11-12H2,1-2H3,(H,23,27)/t14-/m1/s1. The Morgan fingerprint density at radius 2 is 2.07 bits per heavy atom. The molecule has 2 amide bonds. The molecule has 2 aromatic heterocycles. The smallest absolute Gasteiger partial charge is 0.274 e. The molecule has 148 valence electrons. The van der Waals surface area contributed by atoms with Gasteiger partial charge in [0.05, 0.1) is 24.7 Å². The number of hydrogen-bond acceptors (Lipinski definition) is 6. The molecule has 9 heteroatoms. The highest BCUT2D eigenvalue weighted by Gasteiger charge is 2.36. The molecule has 1 aromatic carbocycles. The lowest BCUT2D eigenvalue weighted by atomic mass is 9.95. The molecule has 0 radical (unpaired) electrons. The van der Waals surface area contributed by atoms with Gasteiger partial charge >= 0.3 is 0 Å². The minimum atomic E-state index is -0.620. The number of ether oxygens (including phenoxy) is 1. The molecule has 1 atom stereocenters. The summed E-state index contributed by atoms with van der Waals surface area (Å²) in [5.74, 6) is -0.593. The fraction of sp³-hybridized carbons (Fsp3) is 0.250. The van der Waals surface area contributed by atoms with Gasteiger partial charge in [-0.1, -0.05) is 12.1 Å². The summed E-state index contributed by atoms with van der Waals surface area (Å²) in [5, 5.41) is 7.36. The molecule has 29 heavy (non-hydrogen) atoms. The normalized spacial score (nSPS) is 15.5. The lowest BCUT2D eigenvalue weighted by molar-refractivity contribution is -0.118. The van der Waals surface area contributed by atoms with Gasteiger partial charge in [-0.2, -0.15) is 5.10 Å². The van der Waals surface area contributed by atoms with E-state index in [0.29, 0.717) is 23.7 Å². The van der Waals surface area contributed by atoms with Crippen molar-refractivity contribution in [3.63, 3.8) is 0 Å². The van der Waals surface area contributed by atoms with E-state index in [9.17, 15) is 9.59 Å². The van der Waals surface area contributed by atoms with Crippen LogP contribution < -0.4 is 10.1 Å². The van der Waals surface area contributed by atoms with Crippen LogP contribution in [-0.2, 0) is 18.4 Å². The van der Waals surface area contributed by atoms with Crippen LogP contribution in [0.15, 0.2) is 49.1 Å². The van der Waals surface area contributed by atoms with Gasteiger partial charge in [0.1, 0.15) is 17.4 Å². The molecule has 4 rings (SSSR count). The summed E-state index contributed by atoms with van der Waals surface area (Å²) < 4.78 is 6.97. The van der Waals surface area contributed by atoms with Crippen LogP contribution in [0.3, 0.4) is 0 Å². The Kier molecular flexibility index (Phi) is 4.94. The molecule has 3 aromatic rings. The number of nitrogens with one attached hydrogen (secondary N) is 1. The Morgan fingerprint density at radius 1 is 1.24 bits per heavy atom. The highest BCUT2D eigenvalue weighted by Crippen LogP contribution is 2.30. The Morgan fingerprint density at radius 3 is 2.83 bits per heavy atom. The van der Waals surface area contributed by atoms with E-state index in [-0.39, 0.29) is 24.1 Å². The Hall–Kier alpha value is -3.75. The minimum Gasteiger partial charge on any atom is -0.495 e. The number of rotatable bonds is 4. The first-order chi connectivity index (χ1) is 14.1. The van der Waals surface area contributed by atoms with Gasteiger partial charge in [-0.05, 0) is 12.1 Å². The quantitative estimate of drug-likeness (QED) is 0.724. The highest BCUT2D eigenvalue weighted by atomic mass is 16.5. The fourth-order valence-corrected chi connectivity index (χ4v) is 3.45. The van der Waals surface area contributed by atoms with Crippen molar-refractivity contribution in [3.8, 4) is 5.75 Å². The minimum absolute atomic E-state index is 0.195. The van der Waals surface area contributed by atoms with Crippen LogP contribution in [0.25, 0.3) is 0 Å². The number of carbonyl (C=O) groups is 2. The number of para-hydroxylation sites is 2. The van der Waals surface area contributed by atoms with Gasteiger partial charge in [0.2, 0.25) is 5.91 Å². The Labute approximate surface area is 167 Å². The van der Waals surface area contributed by atoms with E-state index < -0.39 is 5.92 Å². The van der Waals surface area contributed by atoms with Gasteiger partial charge in [-0.25, -0.2) is 4.98 Å². The molecular weight excluding hydrogens is 372 g/mol. The van der Waals surface area contributed by atoms with Crippen LogP contribution in [-0.4, -0.2) is 50.1 Å². The topological polar surface area (TPSA) is 102 Å². The molecule has 0 spiro atoms. The third kappa shape index (κ3) is 3.66. The number of nitrogens with zero attached hydrogens (tertiary/aromatic N) is 5. The van der Waals surface area contributed by atoms with E-state index in [2.05, 4.69) is 20.4 Å². The number of hydrogen-bond donors (Lipinski definition) is 1. The van der Waals surface area contributed by atoms with Crippen molar-refractivity contribution >= 4 is 17.5 Å². The summed E-state index contributed by atoms with van der Waals surface area (Å²) in [6.45, 7) is 0.553. The predicted molar refractivity (Wildman–Crippen MR) is 104 cm³/mol. The summed E-state index contributed by atoms with van der Waals surface area (Å²) in [5.41, 5.74) is 2.30. The molecule has 0 bridgehead atoms. The van der Waals surface area contributed by atoms with E-state index in [4.69, 9.17) is 4.74 Å². The van der Waals surface area contributed by atoms with Crippen molar-refractivity contribution in [1.82, 2.24) is 24.6 Å². The number of methoxy groups -OCH3 is 1. The lowest BCUT2D eigenvalue weighted by Crippen LogP contribution is -2.42. The number of aromatic nitrogens is 4. The van der Waals surface area contributed by atoms with Crippen LogP contribution in [0.2, 0.25) is 0 Å². The average molecular weight is 392 g/mol. The summed E-state index contributed by atoms with van der Waals surface area (Å²) >= 11 is 0. The maximum Gasteiger partial charge on any atom is 0.274 e. The van der Waals surface area contributed by atoms with Crippen molar-refractivity contribution in [3.05, 3.63) is 66.0 Å². The molecule has 1 aliphatic rings. The maximum atomic E-state index is 13.1. The van der Waals surface area contributed by atoms with Crippen LogP contribution in [0.5, 0.6) is 5.75 Å². The van der Waals surface area contributed by atoms with Gasteiger partial charge in [-0.15, -0.1) is 0 Å². The Balaban J connectivity index is 1.62. The molecule has 0 aliphatic carbocycles. The molecule has 0 saturated carbocycles. The van der Waals surface area contributed by atoms with Gasteiger partial charge in [0, 0.05) is 44.3 Å². The lowest BCUT2D eigenvalue weighted by Gasteiger charge is -2.31. The van der Waals surface area contributed by atoms with E-state index >= 15 is 0 Å².